The number of hydrogen-bond donors (Lipinski definition) is 2. The Morgan fingerprint density at radius 2 is 1.86 bits per heavy atom. The number of benzene rings is 2. The SMILES string of the molecule is CN1c2ccccc2C(=O)NC1Cc1ccccc1C(=O)O. The van der Waals surface area contributed by atoms with E-state index in [0.29, 0.717) is 17.5 Å². The summed E-state index contributed by atoms with van der Waals surface area (Å²) in [6.45, 7) is 0. The molecule has 0 aliphatic carbocycles. The fourth-order valence-electron chi connectivity index (χ4n) is 2.77. The maximum Gasteiger partial charge on any atom is 0.335 e. The molecule has 1 atom stereocenters. The zero-order valence-electron chi connectivity index (χ0n) is 12.1. The molecule has 1 unspecified atom stereocenters. The van der Waals surface area contributed by atoms with Gasteiger partial charge in [0.1, 0.15) is 6.17 Å². The second-order valence-corrected chi connectivity index (χ2v) is 5.28. The summed E-state index contributed by atoms with van der Waals surface area (Å²) in [5.41, 5.74) is 2.45. The number of rotatable bonds is 3. The lowest BCUT2D eigenvalue weighted by atomic mass is 10.00. The molecule has 5 nitrogen and oxygen atoms in total. The van der Waals surface area contributed by atoms with Crippen LogP contribution in [0.1, 0.15) is 26.3 Å². The predicted octanol–water partition coefficient (Wildman–Crippen LogP) is 2.13. The molecule has 22 heavy (non-hydrogen) atoms. The second-order valence-electron chi connectivity index (χ2n) is 5.28. The van der Waals surface area contributed by atoms with E-state index in [0.717, 1.165) is 5.69 Å². The van der Waals surface area contributed by atoms with E-state index < -0.39 is 5.97 Å². The minimum Gasteiger partial charge on any atom is -0.478 e. The molecule has 1 heterocycles. The van der Waals surface area contributed by atoms with Crippen LogP contribution in [0.15, 0.2) is 48.5 Å². The van der Waals surface area contributed by atoms with Crippen molar-refractivity contribution in [3.05, 3.63) is 65.2 Å². The molecule has 0 saturated carbocycles. The number of nitrogens with zero attached hydrogens (tertiary/aromatic N) is 1. The van der Waals surface area contributed by atoms with Crippen LogP contribution >= 0.6 is 0 Å². The topological polar surface area (TPSA) is 69.6 Å². The molecule has 1 aliphatic heterocycles. The Hall–Kier alpha value is -2.82. The van der Waals surface area contributed by atoms with E-state index in [4.69, 9.17) is 0 Å². The maximum atomic E-state index is 12.2. The van der Waals surface area contributed by atoms with E-state index in [1.165, 1.54) is 0 Å². The number of para-hydroxylation sites is 1. The summed E-state index contributed by atoms with van der Waals surface area (Å²) in [5.74, 6) is -1.09. The first-order chi connectivity index (χ1) is 10.6. The van der Waals surface area contributed by atoms with Crippen molar-refractivity contribution in [1.82, 2.24) is 5.32 Å². The highest BCUT2D eigenvalue weighted by atomic mass is 16.4. The minimum absolute atomic E-state index is 0.133. The van der Waals surface area contributed by atoms with E-state index >= 15 is 0 Å². The van der Waals surface area contributed by atoms with Gasteiger partial charge in [-0.05, 0) is 23.8 Å². The van der Waals surface area contributed by atoms with Crippen molar-refractivity contribution in [1.29, 1.82) is 0 Å². The summed E-state index contributed by atoms with van der Waals surface area (Å²) in [6.07, 6.45) is 0.155. The molecule has 0 radical (unpaired) electrons. The highest BCUT2D eigenvalue weighted by Gasteiger charge is 2.28. The fourth-order valence-corrected chi connectivity index (χ4v) is 2.77. The zero-order valence-corrected chi connectivity index (χ0v) is 12.1. The van der Waals surface area contributed by atoms with E-state index in [9.17, 15) is 14.7 Å². The average Bonchev–Trinajstić information content (AvgIpc) is 2.53. The summed E-state index contributed by atoms with van der Waals surface area (Å²) in [5, 5.41) is 12.2. The number of hydrogen-bond acceptors (Lipinski definition) is 3. The summed E-state index contributed by atoms with van der Waals surface area (Å²) in [6, 6.07) is 14.3. The Morgan fingerprint density at radius 3 is 2.64 bits per heavy atom. The lowest BCUT2D eigenvalue weighted by Crippen LogP contribution is -2.52. The Bertz CT molecular complexity index is 742. The van der Waals surface area contributed by atoms with Crippen molar-refractivity contribution < 1.29 is 14.7 Å². The molecule has 0 spiro atoms. The molecule has 2 N–H and O–H groups in total. The first-order valence-electron chi connectivity index (χ1n) is 7.02. The second kappa shape index (κ2) is 5.52. The normalized spacial score (nSPS) is 16.9. The number of likely N-dealkylation sites (N-methyl/N-ethyl adjacent to an activating group) is 1. The van der Waals surface area contributed by atoms with Crippen molar-refractivity contribution in [2.75, 3.05) is 11.9 Å². The third-order valence-corrected chi connectivity index (χ3v) is 3.95. The van der Waals surface area contributed by atoms with Gasteiger partial charge < -0.3 is 15.3 Å². The van der Waals surface area contributed by atoms with E-state index in [2.05, 4.69) is 5.32 Å². The molecule has 112 valence electrons. The molecule has 2 aromatic carbocycles. The van der Waals surface area contributed by atoms with Gasteiger partial charge in [-0.15, -0.1) is 0 Å². The molecule has 1 aliphatic rings. The third-order valence-electron chi connectivity index (χ3n) is 3.95. The highest BCUT2D eigenvalue weighted by Crippen LogP contribution is 2.26. The first-order valence-corrected chi connectivity index (χ1v) is 7.02. The van der Waals surface area contributed by atoms with Crippen molar-refractivity contribution in [2.24, 2.45) is 0 Å². The number of carboxylic acids is 1. The van der Waals surface area contributed by atoms with Crippen molar-refractivity contribution >= 4 is 17.6 Å². The van der Waals surface area contributed by atoms with E-state index in [-0.39, 0.29) is 17.6 Å². The largest absolute Gasteiger partial charge is 0.478 e. The Balaban J connectivity index is 1.92. The fraction of sp³-hybridized carbons (Fsp3) is 0.176. The molecular weight excluding hydrogens is 280 g/mol. The van der Waals surface area contributed by atoms with Gasteiger partial charge in [-0.3, -0.25) is 4.79 Å². The average molecular weight is 296 g/mol. The lowest BCUT2D eigenvalue weighted by molar-refractivity contribution is 0.0695. The number of aromatic carboxylic acids is 1. The van der Waals surface area contributed by atoms with Gasteiger partial charge in [0.15, 0.2) is 0 Å². The smallest absolute Gasteiger partial charge is 0.335 e. The Morgan fingerprint density at radius 1 is 1.18 bits per heavy atom. The van der Waals surface area contributed by atoms with Gasteiger partial charge in [0.2, 0.25) is 0 Å². The number of nitrogens with one attached hydrogen (secondary N) is 1. The van der Waals surface area contributed by atoms with Crippen LogP contribution < -0.4 is 10.2 Å². The molecule has 2 aromatic rings. The summed E-state index contributed by atoms with van der Waals surface area (Å²) >= 11 is 0. The molecule has 0 bridgehead atoms. The van der Waals surface area contributed by atoms with Gasteiger partial charge in [0.05, 0.1) is 16.8 Å². The number of carbonyl (C=O) groups is 2. The quantitative estimate of drug-likeness (QED) is 0.910. The van der Waals surface area contributed by atoms with Gasteiger partial charge >= 0.3 is 5.97 Å². The number of amides is 1. The van der Waals surface area contributed by atoms with Crippen LogP contribution in [-0.4, -0.2) is 30.2 Å². The van der Waals surface area contributed by atoms with Gasteiger partial charge in [-0.25, -0.2) is 4.79 Å². The molecule has 0 aromatic heterocycles. The monoisotopic (exact) mass is 296 g/mol. The minimum atomic E-state index is -0.958. The van der Waals surface area contributed by atoms with Gasteiger partial charge in [0, 0.05) is 13.5 Å². The number of anilines is 1. The van der Waals surface area contributed by atoms with E-state index in [1.54, 1.807) is 30.3 Å². The van der Waals surface area contributed by atoms with Crippen LogP contribution in [-0.2, 0) is 6.42 Å². The van der Waals surface area contributed by atoms with Gasteiger partial charge in [-0.1, -0.05) is 30.3 Å². The number of carboxylic acid groups (broad SMARTS) is 1. The first kappa shape index (κ1) is 14.1. The molecule has 3 rings (SSSR count). The third kappa shape index (κ3) is 2.41. The molecule has 5 heteroatoms. The van der Waals surface area contributed by atoms with Crippen LogP contribution in [0, 0.1) is 0 Å². The molecule has 1 amide bonds. The highest BCUT2D eigenvalue weighted by molar-refractivity contribution is 6.02. The summed E-state index contributed by atoms with van der Waals surface area (Å²) in [4.78, 5) is 25.5. The van der Waals surface area contributed by atoms with Gasteiger partial charge in [-0.2, -0.15) is 0 Å². The summed E-state index contributed by atoms with van der Waals surface area (Å²) < 4.78 is 0. The summed E-state index contributed by atoms with van der Waals surface area (Å²) in [7, 11) is 1.90. The number of carbonyl (C=O) groups excluding carboxylic acids is 1. The molecular formula is C17H16N2O3. The standard InChI is InChI=1S/C17H16N2O3/c1-19-14-9-5-4-8-13(14)16(20)18-15(19)10-11-6-2-3-7-12(11)17(21)22/h2-9,15H,10H2,1H3,(H,18,20)(H,21,22). The van der Waals surface area contributed by atoms with Crippen molar-refractivity contribution in [3.8, 4) is 0 Å². The molecule has 0 fully saturated rings. The lowest BCUT2D eigenvalue weighted by Gasteiger charge is -2.36. The zero-order chi connectivity index (χ0) is 15.7. The van der Waals surface area contributed by atoms with Crippen LogP contribution in [0.4, 0.5) is 5.69 Å². The Labute approximate surface area is 128 Å². The molecule has 0 saturated heterocycles. The van der Waals surface area contributed by atoms with Crippen LogP contribution in [0.25, 0.3) is 0 Å². The van der Waals surface area contributed by atoms with Crippen molar-refractivity contribution in [2.45, 2.75) is 12.6 Å². The van der Waals surface area contributed by atoms with E-state index in [1.807, 2.05) is 30.1 Å². The predicted molar refractivity (Wildman–Crippen MR) is 83.2 cm³/mol. The van der Waals surface area contributed by atoms with Crippen molar-refractivity contribution in [3.63, 3.8) is 0 Å². The number of fused-ring (bicyclic) bond motifs is 1. The Kier molecular flexibility index (Phi) is 3.55. The van der Waals surface area contributed by atoms with Crippen LogP contribution in [0.3, 0.4) is 0 Å². The van der Waals surface area contributed by atoms with Crippen LogP contribution in [0.2, 0.25) is 0 Å². The van der Waals surface area contributed by atoms with Gasteiger partial charge in [0.25, 0.3) is 5.91 Å². The maximum absolute atomic E-state index is 12.2. The van der Waals surface area contributed by atoms with Crippen LogP contribution in [0.5, 0.6) is 0 Å².